The van der Waals surface area contributed by atoms with Crippen LogP contribution in [-0.2, 0) is 11.3 Å². The van der Waals surface area contributed by atoms with E-state index >= 15 is 0 Å². The zero-order chi connectivity index (χ0) is 15.5. The fourth-order valence-corrected chi connectivity index (χ4v) is 4.36. The molecule has 3 rings (SSSR count). The molecule has 2 aliphatic rings. The summed E-state index contributed by atoms with van der Waals surface area (Å²) in [6.45, 7) is 6.61. The Bertz CT molecular complexity index is 510. The molecule has 0 aromatic carbocycles. The molecule has 0 unspecified atom stereocenters. The SMILES string of the molecule is Cc1ncc(CN2CCN(C(=O)C[C@@H]3CCC[C@H]3N)CC2)s1. The largest absolute Gasteiger partial charge is 0.340 e. The van der Waals surface area contributed by atoms with Crippen molar-refractivity contribution < 1.29 is 4.79 Å². The van der Waals surface area contributed by atoms with Crippen LogP contribution in [0, 0.1) is 12.8 Å². The van der Waals surface area contributed by atoms with Crippen LogP contribution in [-0.4, -0.2) is 52.9 Å². The third-order valence-corrected chi connectivity index (χ3v) is 5.83. The molecule has 0 bridgehead atoms. The topological polar surface area (TPSA) is 62.5 Å². The molecular weight excluding hydrogens is 296 g/mol. The molecule has 2 N–H and O–H groups in total. The van der Waals surface area contributed by atoms with Gasteiger partial charge < -0.3 is 10.6 Å². The van der Waals surface area contributed by atoms with Gasteiger partial charge in [0, 0.05) is 56.3 Å². The molecule has 1 saturated heterocycles. The predicted molar refractivity (Wildman–Crippen MR) is 88.6 cm³/mol. The lowest BCUT2D eigenvalue weighted by Crippen LogP contribution is -2.48. The van der Waals surface area contributed by atoms with Crippen molar-refractivity contribution in [2.45, 2.75) is 45.2 Å². The van der Waals surface area contributed by atoms with E-state index in [1.165, 1.54) is 11.3 Å². The number of nitrogens with zero attached hydrogens (tertiary/aromatic N) is 3. The smallest absolute Gasteiger partial charge is 0.222 e. The zero-order valence-corrected chi connectivity index (χ0v) is 14.1. The summed E-state index contributed by atoms with van der Waals surface area (Å²) in [7, 11) is 0. The second-order valence-electron chi connectivity index (χ2n) is 6.56. The van der Waals surface area contributed by atoms with Gasteiger partial charge in [-0.05, 0) is 25.7 Å². The first-order valence-electron chi connectivity index (χ1n) is 8.29. The molecule has 122 valence electrons. The predicted octanol–water partition coefficient (Wildman–Crippen LogP) is 1.61. The van der Waals surface area contributed by atoms with Crippen LogP contribution in [0.4, 0.5) is 0 Å². The van der Waals surface area contributed by atoms with Crippen LogP contribution in [0.2, 0.25) is 0 Å². The maximum Gasteiger partial charge on any atom is 0.222 e. The van der Waals surface area contributed by atoms with Gasteiger partial charge in [0.1, 0.15) is 0 Å². The van der Waals surface area contributed by atoms with E-state index in [1.54, 1.807) is 11.3 Å². The van der Waals surface area contributed by atoms with E-state index in [4.69, 9.17) is 5.73 Å². The van der Waals surface area contributed by atoms with Gasteiger partial charge in [-0.1, -0.05) is 6.42 Å². The summed E-state index contributed by atoms with van der Waals surface area (Å²) in [4.78, 5) is 22.5. The quantitative estimate of drug-likeness (QED) is 0.915. The maximum absolute atomic E-state index is 12.4. The van der Waals surface area contributed by atoms with E-state index < -0.39 is 0 Å². The fraction of sp³-hybridized carbons (Fsp3) is 0.750. The highest BCUT2D eigenvalue weighted by molar-refractivity contribution is 7.11. The van der Waals surface area contributed by atoms with Crippen LogP contribution in [0.15, 0.2) is 6.20 Å². The molecule has 1 saturated carbocycles. The number of hydrogen-bond donors (Lipinski definition) is 1. The first-order valence-corrected chi connectivity index (χ1v) is 9.10. The van der Waals surface area contributed by atoms with Crippen molar-refractivity contribution in [2.75, 3.05) is 26.2 Å². The van der Waals surface area contributed by atoms with Gasteiger partial charge in [0.05, 0.1) is 5.01 Å². The number of carbonyl (C=O) groups excluding carboxylic acids is 1. The van der Waals surface area contributed by atoms with Gasteiger partial charge in [0.2, 0.25) is 5.91 Å². The molecule has 0 radical (unpaired) electrons. The number of aromatic nitrogens is 1. The number of rotatable bonds is 4. The van der Waals surface area contributed by atoms with Crippen LogP contribution in [0.25, 0.3) is 0 Å². The molecule has 2 fully saturated rings. The number of nitrogens with two attached hydrogens (primary N) is 1. The van der Waals surface area contributed by atoms with Crippen molar-refractivity contribution in [1.82, 2.24) is 14.8 Å². The normalized spacial score (nSPS) is 26.5. The molecule has 1 aromatic heterocycles. The second kappa shape index (κ2) is 7.06. The molecule has 1 aliphatic carbocycles. The number of hydrogen-bond acceptors (Lipinski definition) is 5. The van der Waals surface area contributed by atoms with Gasteiger partial charge in [-0.25, -0.2) is 4.98 Å². The highest BCUT2D eigenvalue weighted by atomic mass is 32.1. The molecule has 2 atom stereocenters. The van der Waals surface area contributed by atoms with E-state index in [0.717, 1.165) is 50.6 Å². The Balaban J connectivity index is 1.44. The first kappa shape index (κ1) is 15.9. The third kappa shape index (κ3) is 3.86. The lowest BCUT2D eigenvalue weighted by molar-refractivity contribution is -0.134. The highest BCUT2D eigenvalue weighted by Crippen LogP contribution is 2.27. The molecule has 22 heavy (non-hydrogen) atoms. The van der Waals surface area contributed by atoms with Crippen molar-refractivity contribution in [3.63, 3.8) is 0 Å². The van der Waals surface area contributed by atoms with Gasteiger partial charge in [-0.3, -0.25) is 9.69 Å². The minimum atomic E-state index is 0.236. The van der Waals surface area contributed by atoms with Crippen LogP contribution in [0.5, 0.6) is 0 Å². The van der Waals surface area contributed by atoms with Crippen molar-refractivity contribution in [1.29, 1.82) is 0 Å². The third-order valence-electron chi connectivity index (χ3n) is 4.93. The van der Waals surface area contributed by atoms with E-state index in [0.29, 0.717) is 18.2 Å². The van der Waals surface area contributed by atoms with Crippen molar-refractivity contribution in [3.8, 4) is 0 Å². The average molecular weight is 322 g/mol. The molecular formula is C16H26N4OS. The Morgan fingerprint density at radius 2 is 2.14 bits per heavy atom. The second-order valence-corrected chi connectivity index (χ2v) is 7.88. The molecule has 6 heteroatoms. The number of carbonyl (C=O) groups is 1. The Hall–Kier alpha value is -0.980. The maximum atomic E-state index is 12.4. The molecule has 5 nitrogen and oxygen atoms in total. The summed E-state index contributed by atoms with van der Waals surface area (Å²) in [5.41, 5.74) is 6.08. The summed E-state index contributed by atoms with van der Waals surface area (Å²) in [6.07, 6.45) is 6.01. The van der Waals surface area contributed by atoms with Crippen molar-refractivity contribution in [3.05, 3.63) is 16.1 Å². The summed E-state index contributed by atoms with van der Waals surface area (Å²) in [5.74, 6) is 0.710. The van der Waals surface area contributed by atoms with Crippen molar-refractivity contribution in [2.24, 2.45) is 11.7 Å². The molecule has 1 aromatic rings. The summed E-state index contributed by atoms with van der Waals surface area (Å²) >= 11 is 1.76. The highest BCUT2D eigenvalue weighted by Gasteiger charge is 2.29. The van der Waals surface area contributed by atoms with Gasteiger partial charge in [-0.2, -0.15) is 0 Å². The summed E-state index contributed by atoms with van der Waals surface area (Å²) < 4.78 is 0. The molecule has 1 aliphatic heterocycles. The van der Waals surface area contributed by atoms with Gasteiger partial charge >= 0.3 is 0 Å². The van der Waals surface area contributed by atoms with Gasteiger partial charge in [0.25, 0.3) is 0 Å². The van der Waals surface area contributed by atoms with E-state index in [-0.39, 0.29) is 6.04 Å². The minimum absolute atomic E-state index is 0.236. The first-order chi connectivity index (χ1) is 10.6. The fourth-order valence-electron chi connectivity index (χ4n) is 3.53. The summed E-state index contributed by atoms with van der Waals surface area (Å²) in [6, 6.07) is 0.236. The lowest BCUT2D eigenvalue weighted by atomic mass is 9.99. The Kier molecular flexibility index (Phi) is 5.10. The lowest BCUT2D eigenvalue weighted by Gasteiger charge is -2.35. The zero-order valence-electron chi connectivity index (χ0n) is 13.3. The standard InChI is InChI=1S/C16H26N4OS/c1-12-18-10-14(22-12)11-19-5-7-20(8-6-19)16(21)9-13-3-2-4-15(13)17/h10,13,15H,2-9,11,17H2,1H3/t13-,15+/m0/s1. The van der Waals surface area contributed by atoms with E-state index in [2.05, 4.69) is 9.88 Å². The summed E-state index contributed by atoms with van der Waals surface area (Å²) in [5, 5.41) is 1.12. The van der Waals surface area contributed by atoms with Crippen LogP contribution >= 0.6 is 11.3 Å². The Morgan fingerprint density at radius 1 is 1.36 bits per heavy atom. The van der Waals surface area contributed by atoms with Crippen LogP contribution < -0.4 is 5.73 Å². The molecule has 1 amide bonds. The molecule has 2 heterocycles. The van der Waals surface area contributed by atoms with E-state index in [9.17, 15) is 4.79 Å². The van der Waals surface area contributed by atoms with E-state index in [1.807, 2.05) is 18.0 Å². The Morgan fingerprint density at radius 3 is 2.73 bits per heavy atom. The number of thiazole rings is 1. The van der Waals surface area contributed by atoms with Gasteiger partial charge in [-0.15, -0.1) is 11.3 Å². The number of aryl methyl sites for hydroxylation is 1. The number of piperazine rings is 1. The van der Waals surface area contributed by atoms with Gasteiger partial charge in [0.15, 0.2) is 0 Å². The van der Waals surface area contributed by atoms with Crippen LogP contribution in [0.3, 0.4) is 0 Å². The minimum Gasteiger partial charge on any atom is -0.340 e. The monoisotopic (exact) mass is 322 g/mol. The number of amides is 1. The molecule has 0 spiro atoms. The van der Waals surface area contributed by atoms with Crippen molar-refractivity contribution >= 4 is 17.2 Å². The Labute approximate surface area is 136 Å². The van der Waals surface area contributed by atoms with Crippen LogP contribution in [0.1, 0.15) is 35.6 Å². The average Bonchev–Trinajstić information content (AvgIpc) is 3.09.